The smallest absolute Gasteiger partial charge is 0.405 e. The Labute approximate surface area is 156 Å². The lowest BCUT2D eigenvalue weighted by atomic mass is 10.2. The van der Waals surface area contributed by atoms with Gasteiger partial charge in [-0.05, 0) is 31.2 Å². The molecule has 1 fully saturated rings. The highest BCUT2D eigenvalue weighted by Gasteiger charge is 2.31. The van der Waals surface area contributed by atoms with Crippen LogP contribution in [0.25, 0.3) is 0 Å². The van der Waals surface area contributed by atoms with E-state index in [-0.39, 0.29) is 0 Å². The van der Waals surface area contributed by atoms with Crippen molar-refractivity contribution in [2.24, 2.45) is 0 Å². The van der Waals surface area contributed by atoms with Crippen LogP contribution in [0.3, 0.4) is 0 Å². The fourth-order valence-corrected chi connectivity index (χ4v) is 2.82. The molecular weight excluding hydrogens is 371 g/mol. The number of nitrogens with one attached hydrogen (secondary N) is 1. The van der Waals surface area contributed by atoms with Gasteiger partial charge in [-0.2, -0.15) is 13.2 Å². The van der Waals surface area contributed by atoms with Crippen molar-refractivity contribution in [1.82, 2.24) is 15.1 Å². The molecule has 0 radical (unpaired) electrons. The van der Waals surface area contributed by atoms with Gasteiger partial charge < -0.3 is 10.1 Å². The Morgan fingerprint density at radius 3 is 2.42 bits per heavy atom. The molecule has 0 aliphatic carbocycles. The first-order valence-corrected chi connectivity index (χ1v) is 8.81. The summed E-state index contributed by atoms with van der Waals surface area (Å²) in [5.41, 5.74) is 0. The summed E-state index contributed by atoms with van der Waals surface area (Å²) in [6, 6.07) is 6.56. The molecule has 1 N–H and O–H groups in total. The zero-order chi connectivity index (χ0) is 19.2. The number of rotatable bonds is 7. The largest absolute Gasteiger partial charge is 0.492 e. The van der Waals surface area contributed by atoms with Crippen LogP contribution in [-0.2, 0) is 4.79 Å². The second kappa shape index (κ2) is 9.43. The van der Waals surface area contributed by atoms with E-state index in [1.165, 1.54) is 0 Å². The summed E-state index contributed by atoms with van der Waals surface area (Å²) in [6.45, 7) is 4.34. The number of benzene rings is 1. The van der Waals surface area contributed by atoms with Gasteiger partial charge in [-0.3, -0.25) is 14.6 Å². The summed E-state index contributed by atoms with van der Waals surface area (Å²) in [6.07, 6.45) is -4.39. The summed E-state index contributed by atoms with van der Waals surface area (Å²) in [4.78, 5) is 15.9. The zero-order valence-corrected chi connectivity index (χ0v) is 15.3. The van der Waals surface area contributed by atoms with Crippen LogP contribution in [0, 0.1) is 0 Å². The third-order valence-electron chi connectivity index (χ3n) is 4.29. The molecule has 2 rings (SSSR count). The van der Waals surface area contributed by atoms with E-state index in [1.807, 2.05) is 22.3 Å². The van der Waals surface area contributed by atoms with E-state index < -0.39 is 24.7 Å². The normalized spacial score (nSPS) is 17.7. The maximum absolute atomic E-state index is 12.2. The average Bonchev–Trinajstić information content (AvgIpc) is 2.61. The number of ether oxygens (including phenoxy) is 1. The molecule has 0 saturated carbocycles. The number of nitrogens with zero attached hydrogens (tertiary/aromatic N) is 2. The van der Waals surface area contributed by atoms with E-state index in [9.17, 15) is 18.0 Å². The minimum atomic E-state index is -4.39. The third kappa shape index (κ3) is 7.01. The van der Waals surface area contributed by atoms with Crippen LogP contribution in [0.5, 0.6) is 5.75 Å². The van der Waals surface area contributed by atoms with Crippen molar-refractivity contribution in [2.45, 2.75) is 19.1 Å². The number of piperazine rings is 1. The minimum Gasteiger partial charge on any atom is -0.492 e. The fraction of sp³-hybridized carbons (Fsp3) is 0.588. The van der Waals surface area contributed by atoms with Crippen LogP contribution in [-0.4, -0.2) is 73.8 Å². The van der Waals surface area contributed by atoms with Crippen molar-refractivity contribution < 1.29 is 22.7 Å². The number of amides is 1. The van der Waals surface area contributed by atoms with Crippen LogP contribution in [0.15, 0.2) is 24.3 Å². The Bertz CT molecular complexity index is 576. The highest BCUT2D eigenvalue weighted by molar-refractivity contribution is 6.30. The molecule has 9 heteroatoms. The lowest BCUT2D eigenvalue weighted by Gasteiger charge is -2.37. The van der Waals surface area contributed by atoms with E-state index in [0.717, 1.165) is 25.4 Å². The zero-order valence-electron chi connectivity index (χ0n) is 14.6. The van der Waals surface area contributed by atoms with Gasteiger partial charge in [-0.15, -0.1) is 0 Å². The molecule has 1 aliphatic heterocycles. The van der Waals surface area contributed by atoms with Crippen molar-refractivity contribution in [1.29, 1.82) is 0 Å². The number of hydrogen-bond donors (Lipinski definition) is 1. The van der Waals surface area contributed by atoms with Crippen molar-refractivity contribution in [3.8, 4) is 5.75 Å². The van der Waals surface area contributed by atoms with Gasteiger partial charge in [0.15, 0.2) is 0 Å². The first-order chi connectivity index (χ1) is 12.2. The number of alkyl halides is 3. The molecule has 1 aromatic carbocycles. The monoisotopic (exact) mass is 393 g/mol. The Morgan fingerprint density at radius 2 is 1.85 bits per heavy atom. The van der Waals surface area contributed by atoms with Gasteiger partial charge in [0.2, 0.25) is 5.91 Å². The average molecular weight is 394 g/mol. The van der Waals surface area contributed by atoms with Crippen LogP contribution in [0.2, 0.25) is 5.02 Å². The predicted molar refractivity (Wildman–Crippen MR) is 93.5 cm³/mol. The van der Waals surface area contributed by atoms with Gasteiger partial charge in [-0.25, -0.2) is 0 Å². The second-order valence-electron chi connectivity index (χ2n) is 6.19. The van der Waals surface area contributed by atoms with Gasteiger partial charge in [0.05, 0.1) is 6.04 Å². The molecule has 1 unspecified atom stereocenters. The highest BCUT2D eigenvalue weighted by atomic mass is 35.5. The van der Waals surface area contributed by atoms with Crippen molar-refractivity contribution in [3.63, 3.8) is 0 Å². The molecule has 1 saturated heterocycles. The van der Waals surface area contributed by atoms with Crippen LogP contribution < -0.4 is 10.1 Å². The Kier molecular flexibility index (Phi) is 7.55. The molecule has 1 heterocycles. The standard InChI is InChI=1S/C17H23ClF3N3O2/c1-13(16(25)22-12-17(19,20)21)24-8-6-23(7-9-24)10-11-26-15-4-2-14(18)3-5-15/h2-5,13H,6-12H2,1H3,(H,22,25). The van der Waals surface area contributed by atoms with Crippen LogP contribution in [0.4, 0.5) is 13.2 Å². The van der Waals surface area contributed by atoms with Gasteiger partial charge >= 0.3 is 6.18 Å². The topological polar surface area (TPSA) is 44.8 Å². The Balaban J connectivity index is 1.66. The molecule has 26 heavy (non-hydrogen) atoms. The fourth-order valence-electron chi connectivity index (χ4n) is 2.70. The Hall–Kier alpha value is -1.51. The maximum Gasteiger partial charge on any atom is 0.405 e. The summed E-state index contributed by atoms with van der Waals surface area (Å²) in [5, 5.41) is 2.59. The van der Waals surface area contributed by atoms with E-state index >= 15 is 0 Å². The van der Waals surface area contributed by atoms with Gasteiger partial charge in [0.1, 0.15) is 18.9 Å². The van der Waals surface area contributed by atoms with E-state index in [4.69, 9.17) is 16.3 Å². The summed E-state index contributed by atoms with van der Waals surface area (Å²) < 4.78 is 42.2. The number of carbonyl (C=O) groups excluding carboxylic acids is 1. The molecule has 5 nitrogen and oxygen atoms in total. The SMILES string of the molecule is CC(C(=O)NCC(F)(F)F)N1CCN(CCOc2ccc(Cl)cc2)CC1. The first kappa shape index (κ1) is 20.8. The highest BCUT2D eigenvalue weighted by Crippen LogP contribution is 2.16. The molecule has 0 spiro atoms. The first-order valence-electron chi connectivity index (χ1n) is 8.44. The second-order valence-corrected chi connectivity index (χ2v) is 6.63. The molecule has 1 amide bonds. The van der Waals surface area contributed by atoms with Crippen molar-refractivity contribution in [3.05, 3.63) is 29.3 Å². The van der Waals surface area contributed by atoms with Gasteiger partial charge in [0, 0.05) is 37.7 Å². The van der Waals surface area contributed by atoms with Crippen molar-refractivity contribution in [2.75, 3.05) is 45.9 Å². The number of hydrogen-bond acceptors (Lipinski definition) is 4. The van der Waals surface area contributed by atoms with Gasteiger partial charge in [-0.1, -0.05) is 11.6 Å². The molecule has 0 bridgehead atoms. The predicted octanol–water partition coefficient (Wildman–Crippen LogP) is 2.40. The maximum atomic E-state index is 12.2. The molecule has 1 aliphatic rings. The summed E-state index contributed by atoms with van der Waals surface area (Å²) in [7, 11) is 0. The van der Waals surface area contributed by atoms with Crippen LogP contribution in [0.1, 0.15) is 6.92 Å². The van der Waals surface area contributed by atoms with E-state index in [0.29, 0.717) is 24.7 Å². The summed E-state index contributed by atoms with van der Waals surface area (Å²) >= 11 is 5.82. The van der Waals surface area contributed by atoms with E-state index in [1.54, 1.807) is 19.1 Å². The number of halogens is 4. The lowest BCUT2D eigenvalue weighted by molar-refractivity contribution is -0.141. The third-order valence-corrected chi connectivity index (χ3v) is 4.54. The molecule has 146 valence electrons. The molecule has 1 atom stereocenters. The number of carbonyl (C=O) groups is 1. The Morgan fingerprint density at radius 1 is 1.23 bits per heavy atom. The van der Waals surface area contributed by atoms with E-state index in [2.05, 4.69) is 4.90 Å². The molecule has 1 aromatic rings. The van der Waals surface area contributed by atoms with Crippen LogP contribution >= 0.6 is 11.6 Å². The minimum absolute atomic E-state index is 0.531. The molecular formula is C17H23ClF3N3O2. The van der Waals surface area contributed by atoms with Crippen molar-refractivity contribution >= 4 is 17.5 Å². The lowest BCUT2D eigenvalue weighted by Crippen LogP contribution is -2.55. The van der Waals surface area contributed by atoms with Gasteiger partial charge in [0.25, 0.3) is 0 Å². The summed E-state index contributed by atoms with van der Waals surface area (Å²) in [5.74, 6) is 0.157. The quantitative estimate of drug-likeness (QED) is 0.772. The molecule has 0 aromatic heterocycles.